The van der Waals surface area contributed by atoms with Gasteiger partial charge in [-0.25, -0.2) is 0 Å². The smallest absolute Gasteiger partial charge is 0.303 e. The molecule has 59 heavy (non-hydrogen) atoms. The first-order valence-corrected chi connectivity index (χ1v) is 24.2. The van der Waals surface area contributed by atoms with Crippen LogP contribution in [0.4, 0.5) is 0 Å². The molecule has 12 nitrogen and oxygen atoms in total. The van der Waals surface area contributed by atoms with Gasteiger partial charge in [0.1, 0.15) is 36.6 Å². The van der Waals surface area contributed by atoms with Crippen molar-refractivity contribution in [3.8, 4) is 0 Å². The Morgan fingerprint density at radius 3 is 1.46 bits per heavy atom. The van der Waals surface area contributed by atoms with Crippen LogP contribution in [0.3, 0.4) is 0 Å². The molecule has 7 N–H and O–H groups in total. The fourth-order valence-corrected chi connectivity index (χ4v) is 8.02. The molecule has 0 aromatic rings. The van der Waals surface area contributed by atoms with E-state index in [9.17, 15) is 40.2 Å². The monoisotopic (exact) mass is 846 g/mol. The van der Waals surface area contributed by atoms with E-state index in [1.165, 1.54) is 129 Å². The Morgan fingerprint density at radius 1 is 0.610 bits per heavy atom. The summed E-state index contributed by atoms with van der Waals surface area (Å²) in [6, 6.07) is -1.16. The number of ether oxygens (including phenoxy) is 3. The van der Waals surface area contributed by atoms with E-state index in [2.05, 4.69) is 26.1 Å². The second-order valence-electron chi connectivity index (χ2n) is 17.9. The Labute approximate surface area is 358 Å². The van der Waals surface area contributed by atoms with Gasteiger partial charge >= 0.3 is 5.97 Å². The van der Waals surface area contributed by atoms with E-state index in [1.54, 1.807) is 0 Å². The van der Waals surface area contributed by atoms with Gasteiger partial charge in [0.15, 0.2) is 6.29 Å². The molecule has 0 radical (unpaired) electrons. The van der Waals surface area contributed by atoms with Crippen LogP contribution in [0.25, 0.3) is 0 Å². The lowest BCUT2D eigenvalue weighted by molar-refractivity contribution is -0.303. The molecular formula is C47H91NO11. The molecule has 350 valence electrons. The molecule has 1 heterocycles. The number of carbonyl (C=O) groups is 2. The normalized spacial score (nSPS) is 21.6. The number of unbranched alkanes of at least 4 members (excludes halogenated alkanes) is 24. The highest BCUT2D eigenvalue weighted by molar-refractivity contribution is 5.80. The van der Waals surface area contributed by atoms with Gasteiger partial charge in [-0.05, 0) is 18.8 Å². The second kappa shape index (κ2) is 36.1. The van der Waals surface area contributed by atoms with Crippen LogP contribution in [0.1, 0.15) is 214 Å². The Hall–Kier alpha value is -1.38. The summed E-state index contributed by atoms with van der Waals surface area (Å²) in [5.74, 6) is -0.659. The minimum absolute atomic E-state index is 0.239. The lowest BCUT2D eigenvalue weighted by Gasteiger charge is -2.40. The quantitative estimate of drug-likeness (QED) is 0.0235. The van der Waals surface area contributed by atoms with Gasteiger partial charge < -0.3 is 50.2 Å². The van der Waals surface area contributed by atoms with Gasteiger partial charge in [0.25, 0.3) is 0 Å². The SMILES string of the molecule is CCCCCCCCCCCCCCCCCCCC[C@@H](O)C(=O)N[C@@H](CO[C@@H]1O[C@H](CO)[C@@H](O)[C@H](O)[C@H]1O)[C@H](OC(C)=O)[C@H](O)CCCCCCCCCCC(C)C. The summed E-state index contributed by atoms with van der Waals surface area (Å²) in [5, 5.41) is 65.5. The topological polar surface area (TPSA) is 195 Å². The average Bonchev–Trinajstić information content (AvgIpc) is 3.21. The minimum Gasteiger partial charge on any atom is -0.457 e. The van der Waals surface area contributed by atoms with Crippen molar-refractivity contribution in [1.82, 2.24) is 5.32 Å². The summed E-state index contributed by atoms with van der Waals surface area (Å²) in [6.07, 6.45) is 21.3. The third kappa shape index (κ3) is 27.3. The number of esters is 1. The number of aliphatic hydroxyl groups is 6. The van der Waals surface area contributed by atoms with Crippen molar-refractivity contribution in [3.05, 3.63) is 0 Å². The van der Waals surface area contributed by atoms with Gasteiger partial charge in [0.2, 0.25) is 5.91 Å². The fourth-order valence-electron chi connectivity index (χ4n) is 8.02. The first-order chi connectivity index (χ1) is 28.4. The standard InChI is InChI=1S/C47H91NO11/c1-5-6-7-8-9-10-11-12-13-14-15-16-17-18-19-24-27-30-33-40(52)46(56)48-38(35-57-47-44(55)43(54)42(53)41(34-49)59-47)45(58-37(4)50)39(51)32-29-26-23-21-20-22-25-28-31-36(2)3/h36,38-45,47,49,51-55H,5-35H2,1-4H3,(H,48,56)/t38-,39+,40+,41+,42+,43-,44+,45-,47+/m0/s1. The number of amides is 1. The molecule has 0 saturated carbocycles. The lowest BCUT2D eigenvalue weighted by Crippen LogP contribution is -2.60. The molecular weight excluding hydrogens is 755 g/mol. The zero-order valence-electron chi connectivity index (χ0n) is 37.9. The number of carbonyl (C=O) groups excluding carboxylic acids is 2. The number of rotatable bonds is 39. The number of nitrogens with one attached hydrogen (secondary N) is 1. The maximum absolute atomic E-state index is 13.3. The predicted molar refractivity (Wildman–Crippen MR) is 234 cm³/mol. The van der Waals surface area contributed by atoms with Crippen LogP contribution < -0.4 is 5.32 Å². The second-order valence-corrected chi connectivity index (χ2v) is 17.9. The molecule has 1 saturated heterocycles. The summed E-state index contributed by atoms with van der Waals surface area (Å²) in [5.41, 5.74) is 0. The predicted octanol–water partition coefficient (Wildman–Crippen LogP) is 7.93. The van der Waals surface area contributed by atoms with E-state index in [4.69, 9.17) is 14.2 Å². The highest BCUT2D eigenvalue weighted by atomic mass is 16.7. The lowest BCUT2D eigenvalue weighted by atomic mass is 9.98. The van der Waals surface area contributed by atoms with Crippen LogP contribution in [0.5, 0.6) is 0 Å². The zero-order valence-corrected chi connectivity index (χ0v) is 37.9. The molecule has 1 aliphatic rings. The van der Waals surface area contributed by atoms with Gasteiger partial charge in [0.05, 0.1) is 25.4 Å². The molecule has 0 aromatic heterocycles. The van der Waals surface area contributed by atoms with Gasteiger partial charge in [-0.15, -0.1) is 0 Å². The number of aliphatic hydroxyl groups excluding tert-OH is 6. The van der Waals surface area contributed by atoms with Crippen LogP contribution >= 0.6 is 0 Å². The van der Waals surface area contributed by atoms with Crippen LogP contribution in [-0.2, 0) is 23.8 Å². The van der Waals surface area contributed by atoms with Crippen molar-refractivity contribution >= 4 is 11.9 Å². The molecule has 1 aliphatic heterocycles. The molecule has 0 unspecified atom stereocenters. The van der Waals surface area contributed by atoms with Crippen molar-refractivity contribution in [2.24, 2.45) is 5.92 Å². The molecule has 0 spiro atoms. The van der Waals surface area contributed by atoms with Gasteiger partial charge in [-0.2, -0.15) is 0 Å². The molecule has 1 rings (SSSR count). The molecule has 12 heteroatoms. The van der Waals surface area contributed by atoms with E-state index in [-0.39, 0.29) is 6.42 Å². The maximum atomic E-state index is 13.3. The van der Waals surface area contributed by atoms with Crippen LogP contribution in [0.15, 0.2) is 0 Å². The molecule has 0 bridgehead atoms. The Bertz CT molecular complexity index is 1000. The van der Waals surface area contributed by atoms with Crippen molar-refractivity contribution in [3.63, 3.8) is 0 Å². The summed E-state index contributed by atoms with van der Waals surface area (Å²) in [6.45, 7) is 6.87. The van der Waals surface area contributed by atoms with E-state index >= 15 is 0 Å². The van der Waals surface area contributed by atoms with E-state index < -0.39 is 80.1 Å². The van der Waals surface area contributed by atoms with E-state index in [1.807, 2.05) is 0 Å². The van der Waals surface area contributed by atoms with Crippen molar-refractivity contribution in [2.75, 3.05) is 13.2 Å². The van der Waals surface area contributed by atoms with Crippen LogP contribution in [0, 0.1) is 5.92 Å². The zero-order chi connectivity index (χ0) is 43.7. The molecule has 0 aromatic carbocycles. The highest BCUT2D eigenvalue weighted by Gasteiger charge is 2.45. The summed E-state index contributed by atoms with van der Waals surface area (Å²) in [4.78, 5) is 25.6. The molecule has 1 fully saturated rings. The number of hydrogen-bond donors (Lipinski definition) is 7. The summed E-state index contributed by atoms with van der Waals surface area (Å²) in [7, 11) is 0. The van der Waals surface area contributed by atoms with Crippen molar-refractivity contribution in [1.29, 1.82) is 0 Å². The molecule has 1 amide bonds. The van der Waals surface area contributed by atoms with Crippen molar-refractivity contribution in [2.45, 2.75) is 269 Å². The first-order valence-electron chi connectivity index (χ1n) is 24.2. The Balaban J connectivity index is 2.59. The Morgan fingerprint density at radius 2 is 1.03 bits per heavy atom. The van der Waals surface area contributed by atoms with Gasteiger partial charge in [-0.1, -0.05) is 194 Å². The fraction of sp³-hybridized carbons (Fsp3) is 0.957. The third-order valence-corrected chi connectivity index (χ3v) is 11.9. The summed E-state index contributed by atoms with van der Waals surface area (Å²) < 4.78 is 16.8. The molecule has 9 atom stereocenters. The minimum atomic E-state index is -1.69. The van der Waals surface area contributed by atoms with Gasteiger partial charge in [0, 0.05) is 6.92 Å². The maximum Gasteiger partial charge on any atom is 0.303 e. The Kier molecular flexibility index (Phi) is 34.1. The van der Waals surface area contributed by atoms with E-state index in [0.717, 1.165) is 44.4 Å². The average molecular weight is 846 g/mol. The summed E-state index contributed by atoms with van der Waals surface area (Å²) >= 11 is 0. The van der Waals surface area contributed by atoms with Crippen molar-refractivity contribution < 1.29 is 54.4 Å². The first kappa shape index (κ1) is 55.6. The highest BCUT2D eigenvalue weighted by Crippen LogP contribution is 2.24. The van der Waals surface area contributed by atoms with Crippen LogP contribution in [-0.4, -0.2) is 111 Å². The number of hydrogen-bond acceptors (Lipinski definition) is 11. The van der Waals surface area contributed by atoms with E-state index in [0.29, 0.717) is 19.3 Å². The third-order valence-electron chi connectivity index (χ3n) is 11.9. The molecule has 0 aliphatic carbocycles. The van der Waals surface area contributed by atoms with Gasteiger partial charge in [-0.3, -0.25) is 9.59 Å². The largest absolute Gasteiger partial charge is 0.457 e. The van der Waals surface area contributed by atoms with Crippen LogP contribution in [0.2, 0.25) is 0 Å².